The molecule has 5 nitrogen and oxygen atoms in total. The van der Waals surface area contributed by atoms with Gasteiger partial charge < -0.3 is 5.32 Å². The van der Waals surface area contributed by atoms with Gasteiger partial charge in [0.15, 0.2) is 17.3 Å². The quantitative estimate of drug-likeness (QED) is 0.686. The van der Waals surface area contributed by atoms with Gasteiger partial charge in [-0.05, 0) is 6.07 Å². The number of nitrogens with one attached hydrogen (secondary N) is 1. The van der Waals surface area contributed by atoms with Gasteiger partial charge in [-0.25, -0.2) is 0 Å². The largest absolute Gasteiger partial charge is 0.326 e. The summed E-state index contributed by atoms with van der Waals surface area (Å²) in [6.45, 7) is 5.31. The molecular formula is C20H19NO4. The zero-order valence-electron chi connectivity index (χ0n) is 14.3. The predicted molar refractivity (Wildman–Crippen MR) is 95.0 cm³/mol. The molecule has 1 N–H and O–H groups in total. The maximum Gasteiger partial charge on any atom is 0.221 e. The standard InChI is InChI=1S/C18H13NO4.C2H6/c1-10(20)19-13-9-5-8-12-14(13)18(23)15(17(12)22)16(21)11-6-3-2-4-7-11;1-2/h2-9,15H,1H3,(H,19,20);1-2H3. The number of hydrogen-bond donors (Lipinski definition) is 1. The van der Waals surface area contributed by atoms with Crippen molar-refractivity contribution in [1.82, 2.24) is 0 Å². The first-order chi connectivity index (χ1) is 12.0. The third-order valence-electron chi connectivity index (χ3n) is 3.73. The molecule has 128 valence electrons. The Balaban J connectivity index is 0.00000109. The van der Waals surface area contributed by atoms with Crippen LogP contribution in [0.1, 0.15) is 51.8 Å². The number of carbonyl (C=O) groups is 4. The van der Waals surface area contributed by atoms with E-state index in [4.69, 9.17) is 0 Å². The van der Waals surface area contributed by atoms with E-state index in [1.807, 2.05) is 13.8 Å². The number of rotatable bonds is 3. The van der Waals surface area contributed by atoms with Crippen molar-refractivity contribution in [1.29, 1.82) is 0 Å². The zero-order chi connectivity index (χ0) is 18.6. The Morgan fingerprint density at radius 1 is 0.880 bits per heavy atom. The minimum atomic E-state index is -1.37. The molecule has 0 radical (unpaired) electrons. The van der Waals surface area contributed by atoms with Gasteiger partial charge in [-0.3, -0.25) is 19.2 Å². The van der Waals surface area contributed by atoms with Gasteiger partial charge in [-0.2, -0.15) is 0 Å². The minimum Gasteiger partial charge on any atom is -0.326 e. The van der Waals surface area contributed by atoms with Gasteiger partial charge in [0.1, 0.15) is 5.92 Å². The van der Waals surface area contributed by atoms with E-state index in [-0.39, 0.29) is 22.7 Å². The second-order valence-corrected chi connectivity index (χ2v) is 5.30. The second kappa shape index (κ2) is 7.66. The highest BCUT2D eigenvalue weighted by molar-refractivity contribution is 6.39. The van der Waals surface area contributed by atoms with Crippen LogP contribution in [0.15, 0.2) is 48.5 Å². The molecule has 0 aliphatic heterocycles. The Bertz CT molecular complexity index is 840. The monoisotopic (exact) mass is 337 g/mol. The fraction of sp³-hybridized carbons (Fsp3) is 0.200. The third kappa shape index (κ3) is 3.40. The Hall–Kier alpha value is -3.08. The van der Waals surface area contributed by atoms with E-state index in [1.165, 1.54) is 13.0 Å². The lowest BCUT2D eigenvalue weighted by atomic mass is 9.93. The molecule has 1 atom stereocenters. The molecule has 0 saturated carbocycles. The molecule has 0 spiro atoms. The Morgan fingerprint density at radius 2 is 1.52 bits per heavy atom. The summed E-state index contributed by atoms with van der Waals surface area (Å²) in [5.41, 5.74) is 0.863. The van der Waals surface area contributed by atoms with Crippen LogP contribution in [-0.4, -0.2) is 23.3 Å². The first kappa shape index (κ1) is 18.3. The van der Waals surface area contributed by atoms with Gasteiger partial charge in [-0.15, -0.1) is 0 Å². The van der Waals surface area contributed by atoms with Crippen molar-refractivity contribution in [3.63, 3.8) is 0 Å². The number of amides is 1. The molecule has 1 aliphatic rings. The maximum absolute atomic E-state index is 12.6. The van der Waals surface area contributed by atoms with Crippen LogP contribution < -0.4 is 5.32 Å². The summed E-state index contributed by atoms with van der Waals surface area (Å²) < 4.78 is 0. The van der Waals surface area contributed by atoms with Gasteiger partial charge in [0.25, 0.3) is 0 Å². The highest BCUT2D eigenvalue weighted by atomic mass is 16.2. The molecule has 3 rings (SSSR count). The lowest BCUT2D eigenvalue weighted by Gasteiger charge is -2.07. The second-order valence-electron chi connectivity index (χ2n) is 5.30. The molecule has 1 aliphatic carbocycles. The van der Waals surface area contributed by atoms with Gasteiger partial charge in [0.2, 0.25) is 5.91 Å². The first-order valence-electron chi connectivity index (χ1n) is 8.09. The molecule has 1 amide bonds. The Kier molecular flexibility index (Phi) is 5.60. The summed E-state index contributed by atoms with van der Waals surface area (Å²) in [6.07, 6.45) is 0. The highest BCUT2D eigenvalue weighted by Gasteiger charge is 2.44. The molecule has 0 heterocycles. The van der Waals surface area contributed by atoms with Crippen LogP contribution in [0.4, 0.5) is 5.69 Å². The fourth-order valence-corrected chi connectivity index (χ4v) is 2.74. The van der Waals surface area contributed by atoms with Crippen LogP contribution in [0.5, 0.6) is 0 Å². The van der Waals surface area contributed by atoms with Crippen LogP contribution >= 0.6 is 0 Å². The highest BCUT2D eigenvalue weighted by Crippen LogP contribution is 2.34. The summed E-state index contributed by atoms with van der Waals surface area (Å²) in [5.74, 6) is -3.33. The van der Waals surface area contributed by atoms with E-state index in [0.717, 1.165) is 0 Å². The Labute approximate surface area is 146 Å². The molecule has 0 bridgehead atoms. The van der Waals surface area contributed by atoms with Crippen molar-refractivity contribution in [3.05, 3.63) is 65.2 Å². The number of hydrogen-bond acceptors (Lipinski definition) is 4. The van der Waals surface area contributed by atoms with Crippen molar-refractivity contribution in [2.75, 3.05) is 5.32 Å². The molecule has 0 aromatic heterocycles. The van der Waals surface area contributed by atoms with Crippen LogP contribution in [0, 0.1) is 5.92 Å². The molecule has 0 saturated heterocycles. The van der Waals surface area contributed by atoms with Crippen molar-refractivity contribution in [2.24, 2.45) is 5.92 Å². The summed E-state index contributed by atoms with van der Waals surface area (Å²) in [5, 5.41) is 2.53. The maximum atomic E-state index is 12.6. The van der Waals surface area contributed by atoms with Crippen molar-refractivity contribution >= 4 is 28.9 Å². The lowest BCUT2D eigenvalue weighted by Crippen LogP contribution is -2.25. The van der Waals surface area contributed by atoms with Crippen LogP contribution in [-0.2, 0) is 4.79 Å². The Morgan fingerprint density at radius 3 is 2.12 bits per heavy atom. The predicted octanol–water partition coefficient (Wildman–Crippen LogP) is 3.55. The average molecular weight is 337 g/mol. The number of Topliss-reactive ketones (excluding diaryl/α,β-unsaturated/α-hetero) is 3. The summed E-state index contributed by atoms with van der Waals surface area (Å²) in [4.78, 5) is 48.9. The van der Waals surface area contributed by atoms with E-state index in [9.17, 15) is 19.2 Å². The van der Waals surface area contributed by atoms with Crippen LogP contribution in [0.25, 0.3) is 0 Å². The molecule has 2 aromatic rings. The number of fused-ring (bicyclic) bond motifs is 1. The van der Waals surface area contributed by atoms with Gasteiger partial charge in [-0.1, -0.05) is 56.3 Å². The first-order valence-corrected chi connectivity index (χ1v) is 8.09. The average Bonchev–Trinajstić information content (AvgIpc) is 2.88. The number of ketones is 3. The number of carbonyl (C=O) groups excluding carboxylic acids is 4. The molecular weight excluding hydrogens is 318 g/mol. The van der Waals surface area contributed by atoms with Gasteiger partial charge >= 0.3 is 0 Å². The SMILES string of the molecule is CC.CC(=O)Nc1cccc2c1C(=O)C(C(=O)c1ccccc1)C2=O. The third-order valence-corrected chi connectivity index (χ3v) is 3.73. The fourth-order valence-electron chi connectivity index (χ4n) is 2.74. The normalized spacial score (nSPS) is 15.1. The molecule has 2 aromatic carbocycles. The minimum absolute atomic E-state index is 0.113. The van der Waals surface area contributed by atoms with E-state index in [2.05, 4.69) is 5.32 Å². The summed E-state index contributed by atoms with van der Waals surface area (Å²) >= 11 is 0. The van der Waals surface area contributed by atoms with Gasteiger partial charge in [0.05, 0.1) is 11.3 Å². The number of anilines is 1. The molecule has 25 heavy (non-hydrogen) atoms. The van der Waals surface area contributed by atoms with E-state index in [0.29, 0.717) is 5.56 Å². The van der Waals surface area contributed by atoms with Crippen molar-refractivity contribution < 1.29 is 19.2 Å². The lowest BCUT2D eigenvalue weighted by molar-refractivity contribution is -0.114. The van der Waals surface area contributed by atoms with Crippen LogP contribution in [0.3, 0.4) is 0 Å². The summed E-state index contributed by atoms with van der Waals surface area (Å²) in [7, 11) is 0. The van der Waals surface area contributed by atoms with Crippen molar-refractivity contribution in [3.8, 4) is 0 Å². The topological polar surface area (TPSA) is 80.3 Å². The molecule has 1 unspecified atom stereocenters. The van der Waals surface area contributed by atoms with Gasteiger partial charge in [0, 0.05) is 18.1 Å². The van der Waals surface area contributed by atoms with E-state index < -0.39 is 23.3 Å². The number of benzene rings is 2. The molecule has 5 heteroatoms. The smallest absolute Gasteiger partial charge is 0.221 e. The van der Waals surface area contributed by atoms with Crippen LogP contribution in [0.2, 0.25) is 0 Å². The molecule has 0 fully saturated rings. The van der Waals surface area contributed by atoms with E-state index in [1.54, 1.807) is 42.5 Å². The summed E-state index contributed by atoms with van der Waals surface area (Å²) in [6, 6.07) is 12.9. The van der Waals surface area contributed by atoms with Crippen molar-refractivity contribution in [2.45, 2.75) is 20.8 Å². The van der Waals surface area contributed by atoms with E-state index >= 15 is 0 Å². The zero-order valence-corrected chi connectivity index (χ0v) is 14.3.